The molecule has 2 saturated heterocycles. The van der Waals surface area contributed by atoms with Crippen molar-refractivity contribution in [2.75, 3.05) is 50.0 Å². The molecule has 1 aromatic carbocycles. The minimum absolute atomic E-state index is 0.0324. The number of nitrogens with one attached hydrogen (secondary N) is 2. The molecule has 218 valence electrons. The van der Waals surface area contributed by atoms with Crippen molar-refractivity contribution in [2.24, 2.45) is 17.3 Å². The number of benzene rings is 1. The fraction of sp³-hybridized carbons (Fsp3) is 0.645. The molecule has 9 heteroatoms. The highest BCUT2D eigenvalue weighted by Crippen LogP contribution is 2.38. The van der Waals surface area contributed by atoms with Gasteiger partial charge in [-0.3, -0.25) is 19.3 Å². The highest BCUT2D eigenvalue weighted by atomic mass is 32.2. The second-order valence-electron chi connectivity index (χ2n) is 12.2. The van der Waals surface area contributed by atoms with E-state index >= 15 is 0 Å². The number of carbonyl (C=O) groups excluding carboxylic acids is 3. The molecule has 0 unspecified atom stereocenters. The van der Waals surface area contributed by atoms with Gasteiger partial charge in [0, 0.05) is 35.8 Å². The first kappa shape index (κ1) is 29.1. The van der Waals surface area contributed by atoms with Gasteiger partial charge >= 0.3 is 0 Å². The Kier molecular flexibility index (Phi) is 9.53. The highest BCUT2D eigenvalue weighted by molar-refractivity contribution is 7.99. The number of likely N-dealkylation sites (tertiary alicyclic amines) is 1. The smallest absolute Gasteiger partial charge is 0.242 e. The average Bonchev–Trinajstić information content (AvgIpc) is 2.95. The van der Waals surface area contributed by atoms with Crippen LogP contribution in [-0.2, 0) is 19.1 Å². The van der Waals surface area contributed by atoms with E-state index in [9.17, 15) is 14.4 Å². The average molecular weight is 569 g/mol. The summed E-state index contributed by atoms with van der Waals surface area (Å²) in [6.07, 6.45) is 8.53. The van der Waals surface area contributed by atoms with Crippen molar-refractivity contribution in [3.05, 3.63) is 36.4 Å². The second-order valence-corrected chi connectivity index (χ2v) is 13.4. The van der Waals surface area contributed by atoms with Crippen LogP contribution in [0.4, 0.5) is 5.69 Å². The van der Waals surface area contributed by atoms with E-state index in [1.807, 2.05) is 23.1 Å². The van der Waals surface area contributed by atoms with Crippen LogP contribution < -0.4 is 15.5 Å². The van der Waals surface area contributed by atoms with Crippen LogP contribution in [0, 0.1) is 17.3 Å². The number of allylic oxidation sites excluding steroid dienone is 2. The molecule has 40 heavy (non-hydrogen) atoms. The Morgan fingerprint density at radius 3 is 2.73 bits per heavy atom. The van der Waals surface area contributed by atoms with E-state index in [0.29, 0.717) is 58.5 Å². The van der Waals surface area contributed by atoms with Gasteiger partial charge in [-0.25, -0.2) is 0 Å². The summed E-state index contributed by atoms with van der Waals surface area (Å²) in [4.78, 5) is 45.9. The Morgan fingerprint density at radius 2 is 1.93 bits per heavy atom. The number of nitrogens with zero attached hydrogens (tertiary/aromatic N) is 2. The third-order valence-electron chi connectivity index (χ3n) is 8.93. The number of fused-ring (bicyclic) bond motifs is 2. The monoisotopic (exact) mass is 568 g/mol. The lowest BCUT2D eigenvalue weighted by Gasteiger charge is -2.42. The third kappa shape index (κ3) is 6.74. The Bertz CT molecular complexity index is 1100. The second kappa shape index (κ2) is 13.1. The maximum absolute atomic E-state index is 13.9. The summed E-state index contributed by atoms with van der Waals surface area (Å²) in [5.41, 5.74) is 0.419. The summed E-state index contributed by atoms with van der Waals surface area (Å²) < 4.78 is 5.73. The maximum atomic E-state index is 13.9. The number of hydrogen-bond donors (Lipinski definition) is 2. The molecule has 2 N–H and O–H groups in total. The molecule has 0 saturated carbocycles. The van der Waals surface area contributed by atoms with Crippen LogP contribution in [0.2, 0.25) is 0 Å². The third-order valence-corrected chi connectivity index (χ3v) is 9.97. The molecular formula is C31H44N4O4S. The molecule has 4 heterocycles. The van der Waals surface area contributed by atoms with E-state index in [-0.39, 0.29) is 35.6 Å². The van der Waals surface area contributed by atoms with Gasteiger partial charge in [0.2, 0.25) is 17.7 Å². The van der Waals surface area contributed by atoms with Crippen LogP contribution in [0.15, 0.2) is 41.3 Å². The summed E-state index contributed by atoms with van der Waals surface area (Å²) in [5.74, 6) is 1.42. The van der Waals surface area contributed by atoms with Gasteiger partial charge in [0.15, 0.2) is 0 Å². The van der Waals surface area contributed by atoms with Gasteiger partial charge in [-0.2, -0.15) is 0 Å². The SMILES string of the molecule is CC(C)C[C@@H]1NC(=O)C2(C/C=C/C[C@@H]3COCC[C@@H]3NC1=O)CCN(CC(=O)N1CCSc3ccccc31)CC2. The van der Waals surface area contributed by atoms with E-state index in [0.717, 1.165) is 35.7 Å². The van der Waals surface area contributed by atoms with E-state index in [1.54, 1.807) is 11.8 Å². The number of para-hydroxylation sites is 1. The molecule has 1 aromatic rings. The number of rotatable bonds is 4. The van der Waals surface area contributed by atoms with Crippen LogP contribution in [0.3, 0.4) is 0 Å². The largest absolute Gasteiger partial charge is 0.381 e. The number of thioether (sulfide) groups is 1. The van der Waals surface area contributed by atoms with Gasteiger partial charge in [0.25, 0.3) is 0 Å². The topological polar surface area (TPSA) is 91.0 Å². The molecule has 0 radical (unpaired) electrons. The number of carbonyl (C=O) groups is 3. The fourth-order valence-corrected chi connectivity index (χ4v) is 7.46. The summed E-state index contributed by atoms with van der Waals surface area (Å²) in [6, 6.07) is 7.62. The van der Waals surface area contributed by atoms with Crippen LogP contribution in [0.5, 0.6) is 0 Å². The zero-order chi connectivity index (χ0) is 28.1. The molecular weight excluding hydrogens is 524 g/mol. The summed E-state index contributed by atoms with van der Waals surface area (Å²) >= 11 is 1.80. The van der Waals surface area contributed by atoms with Gasteiger partial charge in [0.1, 0.15) is 6.04 Å². The lowest BCUT2D eigenvalue weighted by molar-refractivity contribution is -0.138. The Balaban J connectivity index is 1.28. The van der Waals surface area contributed by atoms with E-state index in [2.05, 4.69) is 47.6 Å². The molecule has 4 aliphatic heterocycles. The Labute approximate surface area is 242 Å². The van der Waals surface area contributed by atoms with Crippen molar-refractivity contribution in [1.82, 2.24) is 15.5 Å². The number of amides is 3. The van der Waals surface area contributed by atoms with Gasteiger partial charge < -0.3 is 20.3 Å². The summed E-state index contributed by atoms with van der Waals surface area (Å²) in [5, 5.41) is 6.43. The molecule has 5 rings (SSSR count). The molecule has 8 nitrogen and oxygen atoms in total. The maximum Gasteiger partial charge on any atom is 0.242 e. The molecule has 4 aliphatic rings. The lowest BCUT2D eigenvalue weighted by atomic mass is 9.74. The molecule has 0 aliphatic carbocycles. The number of ether oxygens (including phenoxy) is 1. The van der Waals surface area contributed by atoms with Crippen LogP contribution in [0.25, 0.3) is 0 Å². The predicted octanol–water partition coefficient (Wildman–Crippen LogP) is 3.61. The Hall–Kier alpha value is -2.36. The molecule has 0 aromatic heterocycles. The van der Waals surface area contributed by atoms with Crippen molar-refractivity contribution in [3.8, 4) is 0 Å². The van der Waals surface area contributed by atoms with Crippen molar-refractivity contribution in [2.45, 2.75) is 69.4 Å². The normalized spacial score (nSPS) is 28.5. The Morgan fingerprint density at radius 1 is 1.12 bits per heavy atom. The van der Waals surface area contributed by atoms with Gasteiger partial charge in [-0.05, 0) is 69.7 Å². The van der Waals surface area contributed by atoms with Gasteiger partial charge in [-0.1, -0.05) is 38.1 Å². The summed E-state index contributed by atoms with van der Waals surface area (Å²) in [7, 11) is 0. The molecule has 3 amide bonds. The quantitative estimate of drug-likeness (QED) is 0.540. The fourth-order valence-electron chi connectivity index (χ4n) is 6.47. The van der Waals surface area contributed by atoms with Crippen LogP contribution >= 0.6 is 11.8 Å². The highest BCUT2D eigenvalue weighted by Gasteiger charge is 2.43. The predicted molar refractivity (Wildman–Crippen MR) is 158 cm³/mol. The zero-order valence-electron chi connectivity index (χ0n) is 23.9. The van der Waals surface area contributed by atoms with Crippen LogP contribution in [-0.4, -0.2) is 79.9 Å². The lowest BCUT2D eigenvalue weighted by Crippen LogP contribution is -2.57. The zero-order valence-corrected chi connectivity index (χ0v) is 24.7. The minimum atomic E-state index is -0.582. The van der Waals surface area contributed by atoms with Crippen molar-refractivity contribution >= 4 is 35.2 Å². The van der Waals surface area contributed by atoms with Gasteiger partial charge in [-0.15, -0.1) is 11.8 Å². The van der Waals surface area contributed by atoms with Crippen molar-refractivity contribution in [3.63, 3.8) is 0 Å². The van der Waals surface area contributed by atoms with Crippen LogP contribution in [0.1, 0.15) is 52.4 Å². The number of anilines is 1. The first-order valence-corrected chi connectivity index (χ1v) is 15.9. The summed E-state index contributed by atoms with van der Waals surface area (Å²) in [6.45, 7) is 7.89. The number of hydrogen-bond acceptors (Lipinski definition) is 6. The van der Waals surface area contributed by atoms with Crippen molar-refractivity contribution < 1.29 is 19.1 Å². The molecule has 2 fully saturated rings. The number of piperidine rings is 1. The van der Waals surface area contributed by atoms with Gasteiger partial charge in [0.05, 0.1) is 24.3 Å². The molecule has 0 bridgehead atoms. The van der Waals surface area contributed by atoms with E-state index < -0.39 is 11.5 Å². The molecule has 1 spiro atoms. The molecule has 3 atom stereocenters. The minimum Gasteiger partial charge on any atom is -0.381 e. The van der Waals surface area contributed by atoms with Crippen molar-refractivity contribution in [1.29, 1.82) is 0 Å². The van der Waals surface area contributed by atoms with E-state index in [4.69, 9.17) is 4.74 Å². The first-order chi connectivity index (χ1) is 19.3. The first-order valence-electron chi connectivity index (χ1n) is 14.9. The van der Waals surface area contributed by atoms with E-state index in [1.165, 1.54) is 0 Å². The standard InChI is InChI=1S/C31H44N4O4S/c1-22(2)19-25-29(37)32-24-10-17-39-21-23(24)7-5-6-11-31(30(38)33-25)12-14-34(15-13-31)20-28(36)35-16-18-40-27-9-4-3-8-26(27)35/h3-6,8-9,22-25H,7,10-21H2,1-2H3,(H,32,37)(H,33,38)/b6-5+/t23-,24+,25+/m1/s1.